The van der Waals surface area contributed by atoms with Crippen molar-refractivity contribution in [1.82, 2.24) is 9.71 Å². The number of carbonyl (C=O) groups excluding carboxylic acids is 1. The predicted molar refractivity (Wildman–Crippen MR) is 107 cm³/mol. The van der Waals surface area contributed by atoms with Crippen LogP contribution >= 0.6 is 12.4 Å². The van der Waals surface area contributed by atoms with Gasteiger partial charge in [-0.15, -0.1) is 12.4 Å². The fourth-order valence-corrected chi connectivity index (χ4v) is 4.04. The number of pyridine rings is 1. The van der Waals surface area contributed by atoms with Crippen molar-refractivity contribution in [2.45, 2.75) is 37.0 Å². The van der Waals surface area contributed by atoms with Crippen LogP contribution < -0.4 is 15.8 Å². The highest BCUT2D eigenvalue weighted by molar-refractivity contribution is 7.89. The Balaban J connectivity index is 0.00000261. The molecule has 3 rings (SSSR count). The third-order valence-electron chi connectivity index (χ3n) is 4.34. The maximum atomic E-state index is 12.4. The molecule has 1 aliphatic carbocycles. The van der Waals surface area contributed by atoms with Gasteiger partial charge in [0.2, 0.25) is 15.9 Å². The highest BCUT2D eigenvalue weighted by Gasteiger charge is 2.17. The number of rotatable bonds is 6. The fraction of sp³-hybridized carbons (Fsp3) is 0.333. The number of fused-ring (bicyclic) bond motifs is 1. The van der Waals surface area contributed by atoms with Crippen molar-refractivity contribution in [3.63, 3.8) is 0 Å². The van der Waals surface area contributed by atoms with Crippen LogP contribution in [0.25, 0.3) is 0 Å². The summed E-state index contributed by atoms with van der Waals surface area (Å²) in [6.45, 7) is 0.0215. The van der Waals surface area contributed by atoms with Crippen molar-refractivity contribution >= 4 is 39.8 Å². The van der Waals surface area contributed by atoms with Gasteiger partial charge < -0.3 is 11.1 Å². The van der Waals surface area contributed by atoms with Crippen LogP contribution in [0, 0.1) is 0 Å². The minimum absolute atomic E-state index is 0. The number of sulfonamides is 1. The third kappa shape index (κ3) is 5.66. The van der Waals surface area contributed by atoms with Gasteiger partial charge in [-0.1, -0.05) is 6.07 Å². The van der Waals surface area contributed by atoms with E-state index in [4.69, 9.17) is 5.73 Å². The van der Waals surface area contributed by atoms with Crippen LogP contribution in [-0.2, 0) is 27.7 Å². The Morgan fingerprint density at radius 3 is 2.56 bits per heavy atom. The van der Waals surface area contributed by atoms with Crippen LogP contribution in [0.15, 0.2) is 41.4 Å². The Bertz CT molecular complexity index is 901. The molecule has 0 saturated carbocycles. The Morgan fingerprint density at radius 2 is 1.85 bits per heavy atom. The second kappa shape index (κ2) is 9.16. The number of benzene rings is 1. The summed E-state index contributed by atoms with van der Waals surface area (Å²) in [5.41, 5.74) is 8.33. The molecule has 0 spiro atoms. The third-order valence-corrected chi connectivity index (χ3v) is 5.80. The molecule has 27 heavy (non-hydrogen) atoms. The van der Waals surface area contributed by atoms with E-state index in [-0.39, 0.29) is 36.2 Å². The van der Waals surface area contributed by atoms with E-state index in [0.29, 0.717) is 11.5 Å². The van der Waals surface area contributed by atoms with Crippen LogP contribution in [0.3, 0.4) is 0 Å². The number of nitrogens with two attached hydrogens (primary N) is 1. The maximum Gasteiger partial charge on any atom is 0.240 e. The first-order chi connectivity index (χ1) is 12.4. The van der Waals surface area contributed by atoms with Gasteiger partial charge in [0, 0.05) is 13.0 Å². The first kappa shape index (κ1) is 21.1. The highest BCUT2D eigenvalue weighted by Crippen LogP contribution is 2.24. The lowest BCUT2D eigenvalue weighted by atomic mass is 9.92. The molecule has 0 fully saturated rings. The zero-order chi connectivity index (χ0) is 18.6. The molecule has 1 heterocycles. The van der Waals surface area contributed by atoms with Gasteiger partial charge in [-0.2, -0.15) is 0 Å². The molecule has 1 aromatic heterocycles. The average Bonchev–Trinajstić information content (AvgIpc) is 2.63. The minimum Gasteiger partial charge on any atom is -0.384 e. The first-order valence-electron chi connectivity index (χ1n) is 8.57. The van der Waals surface area contributed by atoms with Gasteiger partial charge in [0.1, 0.15) is 5.82 Å². The summed E-state index contributed by atoms with van der Waals surface area (Å²) >= 11 is 0. The van der Waals surface area contributed by atoms with Crippen molar-refractivity contribution < 1.29 is 13.2 Å². The fourth-order valence-electron chi connectivity index (χ4n) is 2.96. The van der Waals surface area contributed by atoms with E-state index >= 15 is 0 Å². The van der Waals surface area contributed by atoms with Crippen molar-refractivity contribution in [1.29, 1.82) is 0 Å². The number of nitrogen functional groups attached to an aromatic ring is 1. The standard InChI is InChI=1S/C18H22N4O3S.ClH/c19-17-8-6-15(12-20-17)22-18(23)9-10-21-26(24,25)16-7-5-13-3-1-2-4-14(13)11-16;/h5-8,11-12,21H,1-4,9-10H2,(H2,19,20)(H,22,23);1H. The largest absolute Gasteiger partial charge is 0.384 e. The number of nitrogens with one attached hydrogen (secondary N) is 2. The number of aromatic nitrogens is 1. The molecule has 4 N–H and O–H groups in total. The summed E-state index contributed by atoms with van der Waals surface area (Å²) < 4.78 is 27.3. The smallest absolute Gasteiger partial charge is 0.240 e. The highest BCUT2D eigenvalue weighted by atomic mass is 35.5. The van der Waals surface area contributed by atoms with E-state index in [2.05, 4.69) is 15.0 Å². The van der Waals surface area contributed by atoms with Gasteiger partial charge in [0.25, 0.3) is 0 Å². The van der Waals surface area contributed by atoms with Crippen molar-refractivity contribution in [3.8, 4) is 0 Å². The second-order valence-electron chi connectivity index (χ2n) is 6.31. The summed E-state index contributed by atoms with van der Waals surface area (Å²) in [6.07, 6.45) is 5.62. The number of aryl methyl sites for hydroxylation is 2. The van der Waals surface area contributed by atoms with Crippen LogP contribution in [0.5, 0.6) is 0 Å². The van der Waals surface area contributed by atoms with Gasteiger partial charge in [-0.3, -0.25) is 4.79 Å². The molecule has 2 aromatic rings. The molecule has 0 saturated heterocycles. The van der Waals surface area contributed by atoms with E-state index in [1.165, 1.54) is 11.8 Å². The van der Waals surface area contributed by atoms with Gasteiger partial charge in [-0.25, -0.2) is 18.1 Å². The molecule has 0 aliphatic heterocycles. The first-order valence-corrected chi connectivity index (χ1v) is 10.1. The van der Waals surface area contributed by atoms with Gasteiger partial charge in [0.15, 0.2) is 0 Å². The summed E-state index contributed by atoms with van der Waals surface area (Å²) in [5, 5.41) is 2.64. The zero-order valence-corrected chi connectivity index (χ0v) is 16.4. The van der Waals surface area contributed by atoms with Crippen LogP contribution in [-0.4, -0.2) is 25.9 Å². The number of carbonyl (C=O) groups is 1. The lowest BCUT2D eigenvalue weighted by molar-refractivity contribution is -0.116. The van der Waals surface area contributed by atoms with Crippen LogP contribution in [0.4, 0.5) is 11.5 Å². The van der Waals surface area contributed by atoms with Gasteiger partial charge in [0.05, 0.1) is 16.8 Å². The minimum atomic E-state index is -3.63. The molecule has 0 radical (unpaired) electrons. The normalized spacial score (nSPS) is 13.3. The number of nitrogens with zero attached hydrogens (tertiary/aromatic N) is 1. The predicted octanol–water partition coefficient (Wildman–Crippen LogP) is 2.27. The summed E-state index contributed by atoms with van der Waals surface area (Å²) in [4.78, 5) is 16.0. The molecular weight excluding hydrogens is 388 g/mol. The van der Waals surface area contributed by atoms with E-state index in [1.54, 1.807) is 24.3 Å². The number of hydrogen-bond acceptors (Lipinski definition) is 5. The molecule has 0 bridgehead atoms. The van der Waals surface area contributed by atoms with E-state index < -0.39 is 10.0 Å². The molecule has 7 nitrogen and oxygen atoms in total. The second-order valence-corrected chi connectivity index (χ2v) is 8.07. The molecule has 9 heteroatoms. The topological polar surface area (TPSA) is 114 Å². The molecule has 0 atom stereocenters. The Morgan fingerprint density at radius 1 is 1.11 bits per heavy atom. The van der Waals surface area contributed by atoms with Gasteiger partial charge in [-0.05, 0) is 61.1 Å². The van der Waals surface area contributed by atoms with Crippen molar-refractivity contribution in [2.75, 3.05) is 17.6 Å². The number of anilines is 2. The van der Waals surface area contributed by atoms with Crippen LogP contribution in [0.1, 0.15) is 30.4 Å². The molecule has 1 amide bonds. The van der Waals surface area contributed by atoms with Gasteiger partial charge >= 0.3 is 0 Å². The summed E-state index contributed by atoms with van der Waals surface area (Å²) in [5.74, 6) is 0.0607. The Kier molecular flexibility index (Phi) is 7.18. The Hall–Kier alpha value is -2.16. The van der Waals surface area contributed by atoms with Crippen LogP contribution in [0.2, 0.25) is 0 Å². The quantitative estimate of drug-likeness (QED) is 0.675. The molecule has 0 unspecified atom stereocenters. The average molecular weight is 411 g/mol. The maximum absolute atomic E-state index is 12.4. The molecular formula is C18H23ClN4O3S. The summed E-state index contributed by atoms with van der Waals surface area (Å²) in [7, 11) is -3.63. The molecule has 1 aliphatic rings. The SMILES string of the molecule is Cl.Nc1ccc(NC(=O)CCNS(=O)(=O)c2ccc3c(c2)CCCC3)cn1. The van der Waals surface area contributed by atoms with Crippen molar-refractivity contribution in [3.05, 3.63) is 47.7 Å². The van der Waals surface area contributed by atoms with E-state index in [1.807, 2.05) is 6.07 Å². The summed E-state index contributed by atoms with van der Waals surface area (Å²) in [6, 6.07) is 8.49. The van der Waals surface area contributed by atoms with Crippen molar-refractivity contribution in [2.24, 2.45) is 0 Å². The monoisotopic (exact) mass is 410 g/mol. The number of halogens is 1. The Labute approximate surface area is 165 Å². The van der Waals surface area contributed by atoms with E-state index in [0.717, 1.165) is 31.2 Å². The number of amides is 1. The molecule has 1 aromatic carbocycles. The number of hydrogen-bond donors (Lipinski definition) is 3. The van der Waals surface area contributed by atoms with E-state index in [9.17, 15) is 13.2 Å². The zero-order valence-electron chi connectivity index (χ0n) is 14.8. The lowest BCUT2D eigenvalue weighted by Crippen LogP contribution is -2.28. The molecule has 146 valence electrons. The lowest BCUT2D eigenvalue weighted by Gasteiger charge is -2.16.